The molecule has 3 radical (unpaired) electrons. The van der Waals surface area contributed by atoms with Crippen molar-refractivity contribution < 1.29 is 92.1 Å². The Morgan fingerprint density at radius 1 is 1.00 bits per heavy atom. The van der Waals surface area contributed by atoms with Gasteiger partial charge in [0.2, 0.25) is 0 Å². The van der Waals surface area contributed by atoms with Crippen molar-refractivity contribution in [3.63, 3.8) is 0 Å². The molecule has 0 aliphatic heterocycles. The van der Waals surface area contributed by atoms with Gasteiger partial charge in [-0.15, -0.1) is 0 Å². The van der Waals surface area contributed by atoms with E-state index in [1.807, 2.05) is 0 Å². The SMILES string of the molecule is [Gd].[Mg].[Y].[Zn]. The first-order valence-corrected chi connectivity index (χ1v) is 0. The topological polar surface area (TPSA) is 0 Å². The average Bonchev–Trinajstić information content (AvgIpc) is 0. The van der Waals surface area contributed by atoms with Crippen molar-refractivity contribution in [3.05, 3.63) is 0 Å². The quantitative estimate of drug-likeness (QED) is 0.529. The maximum absolute atomic E-state index is 0. The van der Waals surface area contributed by atoms with Crippen LogP contribution in [-0.2, 0) is 52.2 Å². The maximum atomic E-state index is 0. The van der Waals surface area contributed by atoms with Crippen LogP contribution in [0.4, 0.5) is 0 Å². The molecule has 0 aromatic rings. The summed E-state index contributed by atoms with van der Waals surface area (Å²) in [6.45, 7) is 0. The Labute approximate surface area is 112 Å². The fourth-order valence-electron chi connectivity index (χ4n) is 0. The van der Waals surface area contributed by atoms with Gasteiger partial charge < -0.3 is 0 Å². The second-order valence-electron chi connectivity index (χ2n) is 0. The predicted molar refractivity (Wildman–Crippen MR) is 5.75 cm³/mol. The Morgan fingerprint density at radius 2 is 1.00 bits per heavy atom. The van der Waals surface area contributed by atoms with Gasteiger partial charge in [-0.3, -0.25) is 0 Å². The van der Waals surface area contributed by atoms with Crippen molar-refractivity contribution in [1.82, 2.24) is 0 Å². The molecule has 0 aromatic heterocycles. The molecule has 0 nitrogen and oxygen atoms in total. The largest absolute Gasteiger partial charge is 0 e. The van der Waals surface area contributed by atoms with Gasteiger partial charge in [-0.1, -0.05) is 0 Å². The molecule has 4 heavy (non-hydrogen) atoms. The van der Waals surface area contributed by atoms with Gasteiger partial charge in [0, 0.05) is 115 Å². The summed E-state index contributed by atoms with van der Waals surface area (Å²) in [5, 5.41) is 0. The summed E-state index contributed by atoms with van der Waals surface area (Å²) in [4.78, 5) is 0. The normalized spacial score (nSPS) is 0. The molecule has 0 unspecified atom stereocenters. The van der Waals surface area contributed by atoms with Crippen molar-refractivity contribution >= 4 is 23.1 Å². The second-order valence-corrected chi connectivity index (χ2v) is 0. The fourth-order valence-corrected chi connectivity index (χ4v) is 0. The Bertz CT molecular complexity index is 8.00. The Kier molecular flexibility index (Phi) is 98.7. The first kappa shape index (κ1) is 24.9. The van der Waals surface area contributed by atoms with E-state index in [-0.39, 0.29) is 115 Å². The van der Waals surface area contributed by atoms with Crippen LogP contribution in [0.3, 0.4) is 0 Å². The van der Waals surface area contributed by atoms with Crippen LogP contribution in [0.25, 0.3) is 0 Å². The Hall–Kier alpha value is 3.82. The van der Waals surface area contributed by atoms with Gasteiger partial charge in [-0.05, 0) is 0 Å². The van der Waals surface area contributed by atoms with Crippen molar-refractivity contribution in [3.8, 4) is 0 Å². The molecule has 0 saturated heterocycles. The molecule has 0 saturated carbocycles. The summed E-state index contributed by atoms with van der Waals surface area (Å²) in [6, 6.07) is 0. The van der Waals surface area contributed by atoms with Gasteiger partial charge in [0.15, 0.2) is 0 Å². The summed E-state index contributed by atoms with van der Waals surface area (Å²) < 4.78 is 0. The van der Waals surface area contributed by atoms with E-state index in [0.717, 1.165) is 0 Å². The minimum absolute atomic E-state index is 0. The molecule has 0 aliphatic carbocycles. The van der Waals surface area contributed by atoms with Crippen LogP contribution in [0.5, 0.6) is 0 Å². The van der Waals surface area contributed by atoms with E-state index >= 15 is 0 Å². The molecular formula is GdMgYZn. The van der Waals surface area contributed by atoms with Crippen LogP contribution in [-0.4, -0.2) is 23.1 Å². The van der Waals surface area contributed by atoms with Crippen molar-refractivity contribution in [2.75, 3.05) is 0 Å². The summed E-state index contributed by atoms with van der Waals surface area (Å²) in [5.41, 5.74) is 0. The van der Waals surface area contributed by atoms with Gasteiger partial charge in [0.05, 0.1) is 0 Å². The Morgan fingerprint density at radius 3 is 1.00 bits per heavy atom. The Balaban J connectivity index is 0. The molecule has 0 aliphatic rings. The van der Waals surface area contributed by atoms with E-state index in [1.54, 1.807) is 0 Å². The van der Waals surface area contributed by atoms with E-state index in [0.29, 0.717) is 0 Å². The van der Waals surface area contributed by atoms with Gasteiger partial charge in [-0.25, -0.2) is 0 Å². The number of rotatable bonds is 0. The van der Waals surface area contributed by atoms with E-state index in [4.69, 9.17) is 0 Å². The van der Waals surface area contributed by atoms with Crippen molar-refractivity contribution in [1.29, 1.82) is 0 Å². The van der Waals surface area contributed by atoms with Crippen LogP contribution in [0.15, 0.2) is 0 Å². The van der Waals surface area contributed by atoms with Crippen molar-refractivity contribution in [2.45, 2.75) is 0 Å². The molecule has 0 rings (SSSR count). The van der Waals surface area contributed by atoms with Gasteiger partial charge >= 0.3 is 0 Å². The first-order chi connectivity index (χ1) is 0. The van der Waals surface area contributed by atoms with Crippen LogP contribution in [0.1, 0.15) is 0 Å². The van der Waals surface area contributed by atoms with E-state index < -0.39 is 0 Å². The van der Waals surface area contributed by atoms with Crippen LogP contribution >= 0.6 is 0 Å². The summed E-state index contributed by atoms with van der Waals surface area (Å²) in [7, 11) is 0. The minimum atomic E-state index is 0. The van der Waals surface area contributed by atoms with Crippen LogP contribution < -0.4 is 0 Å². The van der Waals surface area contributed by atoms with Crippen LogP contribution in [0, 0.1) is 39.9 Å². The zero-order valence-corrected chi connectivity index (χ0v) is 11.8. The second kappa shape index (κ2) is 15.8. The molecule has 0 spiro atoms. The summed E-state index contributed by atoms with van der Waals surface area (Å²) in [6.07, 6.45) is 0. The zero-order chi connectivity index (χ0) is 0. The number of hydrogen-bond donors (Lipinski definition) is 0. The minimum Gasteiger partial charge on any atom is 0 e. The van der Waals surface area contributed by atoms with E-state index in [2.05, 4.69) is 0 Å². The summed E-state index contributed by atoms with van der Waals surface area (Å²) >= 11 is 0. The smallest absolute Gasteiger partial charge is 0 e. The third-order valence-corrected chi connectivity index (χ3v) is 0. The summed E-state index contributed by atoms with van der Waals surface area (Å²) in [5.74, 6) is 0. The average molecular weight is 336 g/mol. The van der Waals surface area contributed by atoms with Gasteiger partial charge in [0.25, 0.3) is 0 Å². The third-order valence-electron chi connectivity index (χ3n) is 0. The molecule has 0 heterocycles. The zero-order valence-electron chi connectivity index (χ0n) is 2.35. The molecule has 0 fully saturated rings. The van der Waals surface area contributed by atoms with Crippen LogP contribution in [0.2, 0.25) is 0 Å². The molecule has 0 bridgehead atoms. The first-order valence-electron chi connectivity index (χ1n) is 0. The molecule has 0 N–H and O–H groups in total. The van der Waals surface area contributed by atoms with E-state index in [9.17, 15) is 0 Å². The molecule has 0 amide bonds. The molecule has 4 heteroatoms. The monoisotopic (exact) mass is 335 g/mol. The fraction of sp³-hybridized carbons (Fsp3) is 0. The molecular weight excluding hydrogens is 336 g/mol. The molecule has 0 atom stereocenters. The maximum Gasteiger partial charge on any atom is 0 e. The van der Waals surface area contributed by atoms with E-state index in [1.165, 1.54) is 0 Å². The number of hydrogen-bond acceptors (Lipinski definition) is 0. The third kappa shape index (κ3) is 9.26. The predicted octanol–water partition coefficient (Wildman–Crippen LogP) is -0.386. The van der Waals surface area contributed by atoms with Gasteiger partial charge in [0.1, 0.15) is 0 Å². The van der Waals surface area contributed by atoms with Crippen molar-refractivity contribution in [2.24, 2.45) is 0 Å². The molecule has 0 aromatic carbocycles. The standard InChI is InChI=1S/Gd.Mg.Y.Zn. The van der Waals surface area contributed by atoms with Gasteiger partial charge in [-0.2, -0.15) is 0 Å². The molecule has 15 valence electrons.